The van der Waals surface area contributed by atoms with Crippen molar-refractivity contribution in [1.82, 2.24) is 9.88 Å². The lowest BCUT2D eigenvalue weighted by molar-refractivity contribution is 0.320. The van der Waals surface area contributed by atoms with Gasteiger partial charge in [-0.25, -0.2) is 4.98 Å². The fraction of sp³-hybridized carbons (Fsp3) is 0.235. The fourth-order valence-electron chi connectivity index (χ4n) is 2.54. The van der Waals surface area contributed by atoms with Crippen LogP contribution in [0.4, 0.5) is 5.82 Å². The highest BCUT2D eigenvalue weighted by Crippen LogP contribution is 2.22. The predicted octanol–water partition coefficient (Wildman–Crippen LogP) is 3.97. The molecular formula is C17H19N3S. The number of fused-ring (bicyclic) bond motifs is 1. The van der Waals surface area contributed by atoms with Gasteiger partial charge in [0.25, 0.3) is 0 Å². The standard InChI is InChI=1S/C17H19N3S/c1-18-17-15(9-14-5-3-4-6-16(14)19-17)11-20(2)10-13-7-8-21-12-13/h3-9,12H,10-11H2,1-2H3,(H,18,19). The number of pyridine rings is 1. The van der Waals surface area contributed by atoms with Crippen molar-refractivity contribution in [3.05, 3.63) is 58.3 Å². The van der Waals surface area contributed by atoms with Gasteiger partial charge < -0.3 is 5.32 Å². The van der Waals surface area contributed by atoms with E-state index < -0.39 is 0 Å². The summed E-state index contributed by atoms with van der Waals surface area (Å²) in [5.74, 6) is 0.964. The Kier molecular flexibility index (Phi) is 4.18. The van der Waals surface area contributed by atoms with Crippen molar-refractivity contribution < 1.29 is 0 Å². The van der Waals surface area contributed by atoms with Crippen LogP contribution in [0.3, 0.4) is 0 Å². The van der Waals surface area contributed by atoms with E-state index >= 15 is 0 Å². The van der Waals surface area contributed by atoms with Crippen molar-refractivity contribution in [2.75, 3.05) is 19.4 Å². The predicted molar refractivity (Wildman–Crippen MR) is 90.8 cm³/mol. The van der Waals surface area contributed by atoms with Gasteiger partial charge in [-0.05, 0) is 41.6 Å². The maximum atomic E-state index is 4.71. The molecule has 0 bridgehead atoms. The number of benzene rings is 1. The van der Waals surface area contributed by atoms with Gasteiger partial charge in [-0.15, -0.1) is 0 Å². The summed E-state index contributed by atoms with van der Waals surface area (Å²) in [5.41, 5.74) is 3.63. The summed E-state index contributed by atoms with van der Waals surface area (Å²) in [5, 5.41) is 8.73. The second kappa shape index (κ2) is 6.24. The number of rotatable bonds is 5. The second-order valence-corrected chi connectivity index (χ2v) is 6.02. The van der Waals surface area contributed by atoms with Crippen LogP contribution in [0.5, 0.6) is 0 Å². The maximum Gasteiger partial charge on any atom is 0.130 e. The van der Waals surface area contributed by atoms with Crippen LogP contribution in [0.25, 0.3) is 10.9 Å². The van der Waals surface area contributed by atoms with Crippen molar-refractivity contribution in [2.45, 2.75) is 13.1 Å². The third kappa shape index (κ3) is 3.23. The zero-order chi connectivity index (χ0) is 14.7. The number of thiophene rings is 1. The van der Waals surface area contributed by atoms with Crippen molar-refractivity contribution >= 4 is 28.1 Å². The number of aromatic nitrogens is 1. The highest BCUT2D eigenvalue weighted by molar-refractivity contribution is 7.07. The summed E-state index contributed by atoms with van der Waals surface area (Å²) >= 11 is 1.75. The minimum absolute atomic E-state index is 0.879. The van der Waals surface area contributed by atoms with Gasteiger partial charge in [-0.1, -0.05) is 18.2 Å². The Labute approximate surface area is 129 Å². The molecule has 0 aliphatic heterocycles. The summed E-state index contributed by atoms with van der Waals surface area (Å²) in [6.45, 7) is 1.84. The average molecular weight is 297 g/mol. The zero-order valence-electron chi connectivity index (χ0n) is 12.3. The molecule has 0 saturated carbocycles. The average Bonchev–Trinajstić information content (AvgIpc) is 2.99. The third-order valence-electron chi connectivity index (χ3n) is 3.51. The van der Waals surface area contributed by atoms with Crippen LogP contribution in [0.1, 0.15) is 11.1 Å². The first kappa shape index (κ1) is 14.0. The number of anilines is 1. The molecule has 2 aromatic heterocycles. The van der Waals surface area contributed by atoms with Gasteiger partial charge in [-0.2, -0.15) is 11.3 Å². The molecule has 3 nitrogen and oxygen atoms in total. The number of nitrogens with zero attached hydrogens (tertiary/aromatic N) is 2. The molecule has 3 rings (SSSR count). The van der Waals surface area contributed by atoms with Gasteiger partial charge in [0.2, 0.25) is 0 Å². The lowest BCUT2D eigenvalue weighted by Gasteiger charge is -2.18. The summed E-state index contributed by atoms with van der Waals surface area (Å²) in [4.78, 5) is 7.02. The van der Waals surface area contributed by atoms with Gasteiger partial charge in [0.15, 0.2) is 0 Å². The summed E-state index contributed by atoms with van der Waals surface area (Å²) in [6.07, 6.45) is 0. The highest BCUT2D eigenvalue weighted by Gasteiger charge is 2.09. The molecule has 0 aliphatic carbocycles. The molecule has 108 valence electrons. The molecule has 0 unspecified atom stereocenters. The number of nitrogens with one attached hydrogen (secondary N) is 1. The fourth-order valence-corrected chi connectivity index (χ4v) is 3.20. The van der Waals surface area contributed by atoms with Crippen LogP contribution in [0.2, 0.25) is 0 Å². The molecule has 2 heterocycles. The topological polar surface area (TPSA) is 28.2 Å². The van der Waals surface area contributed by atoms with Gasteiger partial charge in [0, 0.05) is 31.1 Å². The third-order valence-corrected chi connectivity index (χ3v) is 4.24. The molecule has 0 radical (unpaired) electrons. The molecule has 1 aromatic carbocycles. The Morgan fingerprint density at radius 3 is 2.81 bits per heavy atom. The molecule has 0 spiro atoms. The molecule has 0 atom stereocenters. The Hall–Kier alpha value is -1.91. The molecule has 21 heavy (non-hydrogen) atoms. The highest BCUT2D eigenvalue weighted by atomic mass is 32.1. The Morgan fingerprint density at radius 1 is 1.19 bits per heavy atom. The van der Waals surface area contributed by atoms with Crippen molar-refractivity contribution in [3.8, 4) is 0 Å². The normalized spacial score (nSPS) is 11.2. The largest absolute Gasteiger partial charge is 0.373 e. The summed E-state index contributed by atoms with van der Waals surface area (Å²) in [7, 11) is 4.08. The number of hydrogen-bond acceptors (Lipinski definition) is 4. The van der Waals surface area contributed by atoms with Crippen LogP contribution in [-0.4, -0.2) is 24.0 Å². The molecule has 0 fully saturated rings. The quantitative estimate of drug-likeness (QED) is 0.772. The number of para-hydroxylation sites is 1. The molecule has 0 aliphatic rings. The van der Waals surface area contributed by atoms with Crippen molar-refractivity contribution in [2.24, 2.45) is 0 Å². The first-order valence-electron chi connectivity index (χ1n) is 7.02. The van der Waals surface area contributed by atoms with Gasteiger partial charge >= 0.3 is 0 Å². The lowest BCUT2D eigenvalue weighted by atomic mass is 10.1. The Morgan fingerprint density at radius 2 is 2.05 bits per heavy atom. The van der Waals surface area contributed by atoms with E-state index in [0.29, 0.717) is 0 Å². The monoisotopic (exact) mass is 297 g/mol. The molecular weight excluding hydrogens is 278 g/mol. The van der Waals surface area contributed by atoms with Crippen LogP contribution in [0.15, 0.2) is 47.2 Å². The number of hydrogen-bond donors (Lipinski definition) is 1. The van der Waals surface area contributed by atoms with Gasteiger partial charge in [0.1, 0.15) is 5.82 Å². The molecule has 0 amide bonds. The van der Waals surface area contributed by atoms with E-state index in [2.05, 4.69) is 58.4 Å². The van der Waals surface area contributed by atoms with Crippen molar-refractivity contribution in [3.63, 3.8) is 0 Å². The van der Waals surface area contributed by atoms with E-state index in [1.54, 1.807) is 11.3 Å². The van der Waals surface area contributed by atoms with E-state index in [0.717, 1.165) is 24.4 Å². The second-order valence-electron chi connectivity index (χ2n) is 5.24. The van der Waals surface area contributed by atoms with Crippen LogP contribution in [0, 0.1) is 0 Å². The minimum atomic E-state index is 0.879. The molecule has 3 aromatic rings. The zero-order valence-corrected chi connectivity index (χ0v) is 13.2. The Bertz CT molecular complexity index is 722. The summed E-state index contributed by atoms with van der Waals surface area (Å²) < 4.78 is 0. The summed E-state index contributed by atoms with van der Waals surface area (Å²) in [6, 6.07) is 12.7. The lowest BCUT2D eigenvalue weighted by Crippen LogP contribution is -2.18. The van der Waals surface area contributed by atoms with Crippen LogP contribution in [-0.2, 0) is 13.1 Å². The Balaban J connectivity index is 1.84. The van der Waals surface area contributed by atoms with E-state index in [1.807, 2.05) is 13.1 Å². The van der Waals surface area contributed by atoms with E-state index in [9.17, 15) is 0 Å². The minimum Gasteiger partial charge on any atom is -0.373 e. The van der Waals surface area contributed by atoms with Crippen LogP contribution < -0.4 is 5.32 Å². The van der Waals surface area contributed by atoms with Gasteiger partial charge in [-0.3, -0.25) is 4.90 Å². The molecule has 1 N–H and O–H groups in total. The van der Waals surface area contributed by atoms with Crippen LogP contribution >= 0.6 is 11.3 Å². The van der Waals surface area contributed by atoms with E-state index in [1.165, 1.54) is 16.5 Å². The smallest absolute Gasteiger partial charge is 0.130 e. The van der Waals surface area contributed by atoms with Gasteiger partial charge in [0.05, 0.1) is 5.52 Å². The first-order chi connectivity index (χ1) is 10.3. The maximum absolute atomic E-state index is 4.71. The SMILES string of the molecule is CNc1nc2ccccc2cc1CN(C)Cc1ccsc1. The van der Waals surface area contributed by atoms with E-state index in [4.69, 9.17) is 4.98 Å². The first-order valence-corrected chi connectivity index (χ1v) is 7.96. The van der Waals surface area contributed by atoms with Crippen molar-refractivity contribution in [1.29, 1.82) is 0 Å². The molecule has 4 heteroatoms. The molecule has 0 saturated heterocycles. The van der Waals surface area contributed by atoms with E-state index in [-0.39, 0.29) is 0 Å².